The van der Waals surface area contributed by atoms with Crippen molar-refractivity contribution in [3.05, 3.63) is 51.4 Å². The summed E-state index contributed by atoms with van der Waals surface area (Å²) < 4.78 is 0. The van der Waals surface area contributed by atoms with E-state index in [1.54, 1.807) is 24.3 Å². The summed E-state index contributed by atoms with van der Waals surface area (Å²) in [5.41, 5.74) is 2.15. The molecule has 0 saturated heterocycles. The molecule has 1 aromatic carbocycles. The molecular weight excluding hydrogens is 374 g/mol. The number of amides is 3. The van der Waals surface area contributed by atoms with Gasteiger partial charge in [0, 0.05) is 4.88 Å². The van der Waals surface area contributed by atoms with Gasteiger partial charge in [0.25, 0.3) is 11.8 Å². The van der Waals surface area contributed by atoms with Crippen LogP contribution >= 0.6 is 11.3 Å². The number of hydrogen-bond acceptors (Lipinski definition) is 5. The molecule has 1 aliphatic carbocycles. The molecule has 6 nitrogen and oxygen atoms in total. The Labute approximate surface area is 166 Å². The number of carbonyl (C=O) groups excluding carboxylic acids is 3. The van der Waals surface area contributed by atoms with Crippen molar-refractivity contribution in [3.63, 3.8) is 0 Å². The molecule has 0 fully saturated rings. The summed E-state index contributed by atoms with van der Waals surface area (Å²) >= 11 is 1.42. The van der Waals surface area contributed by atoms with E-state index in [-0.39, 0.29) is 0 Å². The van der Waals surface area contributed by atoms with E-state index in [0.717, 1.165) is 34.6 Å². The minimum atomic E-state index is -0.975. The first-order valence-corrected chi connectivity index (χ1v) is 10.1. The molecule has 2 heterocycles. The van der Waals surface area contributed by atoms with Crippen molar-refractivity contribution >= 4 is 34.1 Å². The van der Waals surface area contributed by atoms with Gasteiger partial charge in [-0.3, -0.25) is 19.3 Å². The lowest BCUT2D eigenvalue weighted by molar-refractivity contribution is -0.119. The number of anilines is 1. The summed E-state index contributed by atoms with van der Waals surface area (Å²) in [5.74, 6) is -0.859. The van der Waals surface area contributed by atoms with E-state index in [4.69, 9.17) is 0 Å². The van der Waals surface area contributed by atoms with E-state index in [2.05, 4.69) is 18.3 Å². The summed E-state index contributed by atoms with van der Waals surface area (Å²) in [6.45, 7) is 3.70. The average Bonchev–Trinajstić information content (AvgIpc) is 3.15. The monoisotopic (exact) mass is 393 g/mol. The Balaban J connectivity index is 1.58. The Bertz CT molecular complexity index is 1010. The van der Waals surface area contributed by atoms with Crippen LogP contribution in [0, 0.1) is 17.2 Å². The fourth-order valence-electron chi connectivity index (χ4n) is 3.85. The normalized spacial score (nSPS) is 19.0. The Morgan fingerprint density at radius 3 is 2.54 bits per heavy atom. The molecule has 2 aromatic rings. The van der Waals surface area contributed by atoms with Gasteiger partial charge in [-0.2, -0.15) is 5.26 Å². The van der Waals surface area contributed by atoms with Crippen LogP contribution in [0.4, 0.5) is 5.00 Å². The highest BCUT2D eigenvalue weighted by atomic mass is 32.1. The second-order valence-electron chi connectivity index (χ2n) is 7.36. The van der Waals surface area contributed by atoms with Crippen molar-refractivity contribution < 1.29 is 14.4 Å². The van der Waals surface area contributed by atoms with Crippen molar-refractivity contribution in [2.24, 2.45) is 5.92 Å². The molecule has 28 heavy (non-hydrogen) atoms. The van der Waals surface area contributed by atoms with Crippen LogP contribution in [0.3, 0.4) is 0 Å². The van der Waals surface area contributed by atoms with Gasteiger partial charge in [0.15, 0.2) is 0 Å². The molecular formula is C21H19N3O3S. The highest BCUT2D eigenvalue weighted by Gasteiger charge is 2.41. The Morgan fingerprint density at radius 2 is 1.93 bits per heavy atom. The first-order chi connectivity index (χ1) is 13.4. The number of thiophene rings is 1. The third-order valence-electron chi connectivity index (χ3n) is 5.45. The topological polar surface area (TPSA) is 90.3 Å². The van der Waals surface area contributed by atoms with Gasteiger partial charge in [-0.05, 0) is 49.8 Å². The summed E-state index contributed by atoms with van der Waals surface area (Å²) in [7, 11) is 0. The zero-order chi connectivity index (χ0) is 20.0. The van der Waals surface area contributed by atoms with Crippen LogP contribution in [-0.4, -0.2) is 28.7 Å². The zero-order valence-corrected chi connectivity index (χ0v) is 16.4. The number of rotatable bonds is 3. The van der Waals surface area contributed by atoms with Gasteiger partial charge in [-0.1, -0.05) is 19.1 Å². The van der Waals surface area contributed by atoms with E-state index in [0.29, 0.717) is 27.6 Å². The quantitative estimate of drug-likeness (QED) is 0.810. The van der Waals surface area contributed by atoms with E-state index in [1.165, 1.54) is 18.3 Å². The van der Waals surface area contributed by atoms with Gasteiger partial charge in [0.1, 0.15) is 17.1 Å². The Hall–Kier alpha value is -2.98. The fourth-order valence-corrected chi connectivity index (χ4v) is 5.21. The molecule has 4 rings (SSSR count). The maximum atomic E-state index is 12.8. The highest BCUT2D eigenvalue weighted by Crippen LogP contribution is 2.39. The summed E-state index contributed by atoms with van der Waals surface area (Å²) in [6, 6.07) is 7.79. The molecule has 0 unspecified atom stereocenters. The van der Waals surface area contributed by atoms with Crippen LogP contribution in [0.15, 0.2) is 24.3 Å². The van der Waals surface area contributed by atoms with Gasteiger partial charge in [-0.15, -0.1) is 11.3 Å². The summed E-state index contributed by atoms with van der Waals surface area (Å²) in [4.78, 5) is 40.2. The van der Waals surface area contributed by atoms with E-state index in [1.807, 2.05) is 0 Å². The predicted octanol–water partition coefficient (Wildman–Crippen LogP) is 3.37. The number of nitrogens with one attached hydrogen (secondary N) is 1. The molecule has 0 radical (unpaired) electrons. The molecule has 2 atom stereocenters. The number of nitriles is 1. The average molecular weight is 393 g/mol. The standard InChI is InChI=1S/C21H19N3O3S/c1-11-7-8-13-16(10-22)19(28-17(13)9-11)23-18(25)12(2)24-20(26)14-5-3-4-6-15(14)21(24)27/h3-6,11-12H,7-9H2,1-2H3,(H,23,25)/t11-,12+/m0/s1. The van der Waals surface area contributed by atoms with Crippen molar-refractivity contribution in [2.75, 3.05) is 5.32 Å². The molecule has 0 saturated carbocycles. The van der Waals surface area contributed by atoms with Gasteiger partial charge < -0.3 is 5.32 Å². The molecule has 1 aromatic heterocycles. The maximum Gasteiger partial charge on any atom is 0.262 e. The molecule has 1 aliphatic heterocycles. The fraction of sp³-hybridized carbons (Fsp3) is 0.333. The molecule has 142 valence electrons. The first kappa shape index (κ1) is 18.4. The number of benzene rings is 1. The van der Waals surface area contributed by atoms with E-state index < -0.39 is 23.8 Å². The number of hydrogen-bond donors (Lipinski definition) is 1. The largest absolute Gasteiger partial charge is 0.315 e. The lowest BCUT2D eigenvalue weighted by Crippen LogP contribution is -2.45. The third-order valence-corrected chi connectivity index (χ3v) is 6.62. The number of fused-ring (bicyclic) bond motifs is 2. The van der Waals surface area contributed by atoms with Gasteiger partial charge in [0.2, 0.25) is 5.91 Å². The van der Waals surface area contributed by atoms with Gasteiger partial charge >= 0.3 is 0 Å². The smallest absolute Gasteiger partial charge is 0.262 e. The maximum absolute atomic E-state index is 12.8. The molecule has 3 amide bonds. The van der Waals surface area contributed by atoms with E-state index >= 15 is 0 Å². The van der Waals surface area contributed by atoms with Crippen molar-refractivity contribution in [2.45, 2.75) is 39.2 Å². The second-order valence-corrected chi connectivity index (χ2v) is 8.46. The van der Waals surface area contributed by atoms with Crippen LogP contribution < -0.4 is 5.32 Å². The number of imide groups is 1. The van der Waals surface area contributed by atoms with Gasteiger partial charge in [0.05, 0.1) is 16.7 Å². The predicted molar refractivity (Wildman–Crippen MR) is 105 cm³/mol. The Morgan fingerprint density at radius 1 is 1.29 bits per heavy atom. The lowest BCUT2D eigenvalue weighted by atomic mass is 9.88. The SMILES string of the molecule is C[C@H]1CCc2c(sc(NC(=O)[C@@H](C)N3C(=O)c4ccccc4C3=O)c2C#N)C1. The minimum absolute atomic E-state index is 0.311. The number of carbonyl (C=O) groups is 3. The minimum Gasteiger partial charge on any atom is -0.315 e. The van der Waals surface area contributed by atoms with Crippen molar-refractivity contribution in [1.82, 2.24) is 4.90 Å². The molecule has 1 N–H and O–H groups in total. The van der Waals surface area contributed by atoms with Crippen molar-refractivity contribution in [3.8, 4) is 6.07 Å². The van der Waals surface area contributed by atoms with Crippen LogP contribution in [0.1, 0.15) is 57.0 Å². The molecule has 2 aliphatic rings. The number of nitrogens with zero attached hydrogens (tertiary/aromatic N) is 2. The first-order valence-electron chi connectivity index (χ1n) is 9.24. The van der Waals surface area contributed by atoms with Gasteiger partial charge in [-0.25, -0.2) is 0 Å². The molecule has 0 spiro atoms. The molecule has 7 heteroatoms. The Kier molecular flexibility index (Phi) is 4.52. The third kappa shape index (κ3) is 2.81. The van der Waals surface area contributed by atoms with Crippen LogP contribution in [-0.2, 0) is 17.6 Å². The molecule has 0 bridgehead atoms. The lowest BCUT2D eigenvalue weighted by Gasteiger charge is -2.21. The zero-order valence-electron chi connectivity index (χ0n) is 15.6. The van der Waals surface area contributed by atoms with Crippen LogP contribution in [0.5, 0.6) is 0 Å². The van der Waals surface area contributed by atoms with Crippen LogP contribution in [0.2, 0.25) is 0 Å². The van der Waals surface area contributed by atoms with Crippen molar-refractivity contribution in [1.29, 1.82) is 5.26 Å². The second kappa shape index (κ2) is 6.88. The summed E-state index contributed by atoms with van der Waals surface area (Å²) in [6.07, 6.45) is 2.76. The highest BCUT2D eigenvalue weighted by molar-refractivity contribution is 7.16. The van der Waals surface area contributed by atoms with Crippen LogP contribution in [0.25, 0.3) is 0 Å². The van der Waals surface area contributed by atoms with E-state index in [9.17, 15) is 19.6 Å². The summed E-state index contributed by atoms with van der Waals surface area (Å²) in [5, 5.41) is 12.9.